The summed E-state index contributed by atoms with van der Waals surface area (Å²) in [5.41, 5.74) is 0.331. The molecule has 14 heavy (non-hydrogen) atoms. The summed E-state index contributed by atoms with van der Waals surface area (Å²) in [5.74, 6) is 0.634. The van der Waals surface area contributed by atoms with E-state index in [4.69, 9.17) is 4.74 Å². The molecule has 0 aromatic heterocycles. The Morgan fingerprint density at radius 3 is 2.14 bits per heavy atom. The molecule has 86 valence electrons. The van der Waals surface area contributed by atoms with Crippen LogP contribution >= 0.6 is 0 Å². The summed E-state index contributed by atoms with van der Waals surface area (Å²) < 4.78 is 5.50. The van der Waals surface area contributed by atoms with Gasteiger partial charge in [0.15, 0.2) is 0 Å². The van der Waals surface area contributed by atoms with Crippen LogP contribution in [0.4, 0.5) is 0 Å². The minimum absolute atomic E-state index is 0.331. The van der Waals surface area contributed by atoms with Crippen LogP contribution in [0.5, 0.6) is 0 Å². The molecule has 2 nitrogen and oxygen atoms in total. The van der Waals surface area contributed by atoms with Crippen LogP contribution in [-0.4, -0.2) is 25.8 Å². The van der Waals surface area contributed by atoms with Gasteiger partial charge < -0.3 is 10.1 Å². The number of hydrogen-bond acceptors (Lipinski definition) is 2. The van der Waals surface area contributed by atoms with Gasteiger partial charge in [0.05, 0.1) is 6.61 Å². The van der Waals surface area contributed by atoms with Crippen molar-refractivity contribution in [1.82, 2.24) is 5.32 Å². The molecule has 0 aliphatic rings. The highest BCUT2D eigenvalue weighted by Gasteiger charge is 2.18. The number of rotatable bonds is 6. The van der Waals surface area contributed by atoms with Gasteiger partial charge in [-0.25, -0.2) is 0 Å². The molecule has 0 fully saturated rings. The van der Waals surface area contributed by atoms with Crippen molar-refractivity contribution in [3.8, 4) is 0 Å². The molecule has 0 saturated carbocycles. The molecule has 0 aliphatic heterocycles. The zero-order valence-corrected chi connectivity index (χ0v) is 10.7. The number of hydrogen-bond donors (Lipinski definition) is 1. The summed E-state index contributed by atoms with van der Waals surface area (Å²) in [5, 5.41) is 3.47. The molecular weight excluding hydrogens is 174 g/mol. The van der Waals surface area contributed by atoms with Crippen LogP contribution in [0.15, 0.2) is 0 Å². The summed E-state index contributed by atoms with van der Waals surface area (Å²) in [4.78, 5) is 0. The summed E-state index contributed by atoms with van der Waals surface area (Å²) in [6, 6.07) is 0.533. The molecule has 0 amide bonds. The van der Waals surface area contributed by atoms with Crippen LogP contribution < -0.4 is 5.32 Å². The average molecular weight is 201 g/mol. The molecule has 0 aromatic rings. The first kappa shape index (κ1) is 13.9. The zero-order chi connectivity index (χ0) is 11.2. The van der Waals surface area contributed by atoms with Gasteiger partial charge in [0, 0.05) is 19.2 Å². The SMILES string of the molecule is CC(C)COCCNC(C)C(C)(C)C. The molecule has 0 aliphatic carbocycles. The van der Waals surface area contributed by atoms with E-state index in [-0.39, 0.29) is 0 Å². The Labute approximate surface area is 89.4 Å². The van der Waals surface area contributed by atoms with E-state index in [1.807, 2.05) is 0 Å². The molecule has 1 unspecified atom stereocenters. The first-order chi connectivity index (χ1) is 6.34. The first-order valence-electron chi connectivity index (χ1n) is 5.65. The van der Waals surface area contributed by atoms with Crippen molar-refractivity contribution in [3.05, 3.63) is 0 Å². The maximum Gasteiger partial charge on any atom is 0.0591 e. The van der Waals surface area contributed by atoms with Crippen molar-refractivity contribution in [3.63, 3.8) is 0 Å². The molecule has 0 radical (unpaired) electrons. The molecule has 1 N–H and O–H groups in total. The van der Waals surface area contributed by atoms with E-state index in [1.165, 1.54) is 0 Å². The van der Waals surface area contributed by atoms with Crippen molar-refractivity contribution in [2.45, 2.75) is 47.6 Å². The van der Waals surface area contributed by atoms with Gasteiger partial charge in [0.1, 0.15) is 0 Å². The van der Waals surface area contributed by atoms with E-state index in [1.54, 1.807) is 0 Å². The molecule has 0 saturated heterocycles. The Hall–Kier alpha value is -0.0800. The predicted octanol–water partition coefficient (Wildman–Crippen LogP) is 2.68. The van der Waals surface area contributed by atoms with Crippen molar-refractivity contribution >= 4 is 0 Å². The van der Waals surface area contributed by atoms with Gasteiger partial charge >= 0.3 is 0 Å². The highest BCUT2D eigenvalue weighted by molar-refractivity contribution is 4.75. The molecule has 1 atom stereocenters. The van der Waals surface area contributed by atoms with E-state index in [2.05, 4.69) is 46.9 Å². The Kier molecular flexibility index (Phi) is 6.38. The van der Waals surface area contributed by atoms with Gasteiger partial charge in [-0.05, 0) is 18.3 Å². The first-order valence-corrected chi connectivity index (χ1v) is 5.65. The van der Waals surface area contributed by atoms with E-state index in [0.29, 0.717) is 17.4 Å². The van der Waals surface area contributed by atoms with Gasteiger partial charge in [-0.15, -0.1) is 0 Å². The largest absolute Gasteiger partial charge is 0.380 e. The molecule has 0 rings (SSSR count). The van der Waals surface area contributed by atoms with Crippen LogP contribution in [0.3, 0.4) is 0 Å². The maximum atomic E-state index is 5.50. The second kappa shape index (κ2) is 6.41. The quantitative estimate of drug-likeness (QED) is 0.667. The third-order valence-corrected chi connectivity index (χ3v) is 2.45. The topological polar surface area (TPSA) is 21.3 Å². The fourth-order valence-corrected chi connectivity index (χ4v) is 0.973. The highest BCUT2D eigenvalue weighted by Crippen LogP contribution is 2.17. The molecule has 2 heteroatoms. The average Bonchev–Trinajstić information content (AvgIpc) is 2.01. The van der Waals surface area contributed by atoms with Crippen LogP contribution in [0, 0.1) is 11.3 Å². The van der Waals surface area contributed by atoms with E-state index in [0.717, 1.165) is 19.8 Å². The Bertz CT molecular complexity index is 138. The van der Waals surface area contributed by atoms with Crippen LogP contribution in [0.2, 0.25) is 0 Å². The zero-order valence-electron chi connectivity index (χ0n) is 10.7. The highest BCUT2D eigenvalue weighted by atomic mass is 16.5. The van der Waals surface area contributed by atoms with Crippen molar-refractivity contribution in [2.75, 3.05) is 19.8 Å². The van der Waals surface area contributed by atoms with Crippen molar-refractivity contribution in [2.24, 2.45) is 11.3 Å². The van der Waals surface area contributed by atoms with Crippen LogP contribution in [-0.2, 0) is 4.74 Å². The van der Waals surface area contributed by atoms with Crippen LogP contribution in [0.25, 0.3) is 0 Å². The minimum atomic E-state index is 0.331. The van der Waals surface area contributed by atoms with E-state index < -0.39 is 0 Å². The number of ether oxygens (including phenoxy) is 1. The molecule has 0 aromatic carbocycles. The third-order valence-electron chi connectivity index (χ3n) is 2.45. The van der Waals surface area contributed by atoms with Gasteiger partial charge in [0.2, 0.25) is 0 Å². The smallest absolute Gasteiger partial charge is 0.0591 e. The monoisotopic (exact) mass is 201 g/mol. The van der Waals surface area contributed by atoms with Gasteiger partial charge in [0.25, 0.3) is 0 Å². The summed E-state index contributed by atoms with van der Waals surface area (Å²) in [7, 11) is 0. The third kappa shape index (κ3) is 7.34. The molecule has 0 heterocycles. The fourth-order valence-electron chi connectivity index (χ4n) is 0.973. The maximum absolute atomic E-state index is 5.50. The lowest BCUT2D eigenvalue weighted by molar-refractivity contribution is 0.107. The van der Waals surface area contributed by atoms with Gasteiger partial charge in [-0.2, -0.15) is 0 Å². The molecule has 0 bridgehead atoms. The predicted molar refractivity (Wildman–Crippen MR) is 62.6 cm³/mol. The Morgan fingerprint density at radius 1 is 1.14 bits per heavy atom. The van der Waals surface area contributed by atoms with E-state index >= 15 is 0 Å². The number of nitrogens with one attached hydrogen (secondary N) is 1. The second-order valence-corrected chi connectivity index (χ2v) is 5.51. The minimum Gasteiger partial charge on any atom is -0.380 e. The Balaban J connectivity index is 3.37. The van der Waals surface area contributed by atoms with Crippen molar-refractivity contribution < 1.29 is 4.74 Å². The lowest BCUT2D eigenvalue weighted by Gasteiger charge is -2.28. The van der Waals surface area contributed by atoms with E-state index in [9.17, 15) is 0 Å². The van der Waals surface area contributed by atoms with Gasteiger partial charge in [-0.1, -0.05) is 34.6 Å². The Morgan fingerprint density at radius 2 is 1.71 bits per heavy atom. The van der Waals surface area contributed by atoms with Crippen molar-refractivity contribution in [1.29, 1.82) is 0 Å². The molecule has 0 spiro atoms. The standard InChI is InChI=1S/C12H27NO/c1-10(2)9-14-8-7-13-11(3)12(4,5)6/h10-11,13H,7-9H2,1-6H3. The normalized spacial score (nSPS) is 14.8. The fraction of sp³-hybridized carbons (Fsp3) is 1.00. The molecular formula is C12H27NO. The van der Waals surface area contributed by atoms with Gasteiger partial charge in [-0.3, -0.25) is 0 Å². The lowest BCUT2D eigenvalue weighted by Crippen LogP contribution is -2.39. The lowest BCUT2D eigenvalue weighted by atomic mass is 9.88. The second-order valence-electron chi connectivity index (χ2n) is 5.51. The summed E-state index contributed by atoms with van der Waals surface area (Å²) in [6.45, 7) is 16.0. The summed E-state index contributed by atoms with van der Waals surface area (Å²) in [6.07, 6.45) is 0. The van der Waals surface area contributed by atoms with Crippen LogP contribution in [0.1, 0.15) is 41.5 Å². The summed E-state index contributed by atoms with van der Waals surface area (Å²) >= 11 is 0.